The minimum absolute atomic E-state index is 0.00891. The van der Waals surface area contributed by atoms with Crippen LogP contribution in [0, 0.1) is 5.82 Å². The number of alkyl halides is 3. The van der Waals surface area contributed by atoms with Crippen LogP contribution in [-0.4, -0.2) is 39.6 Å². The first-order valence-electron chi connectivity index (χ1n) is 17.4. The summed E-state index contributed by atoms with van der Waals surface area (Å²) in [6, 6.07) is 12.3. The Balaban J connectivity index is 0.000000304. The summed E-state index contributed by atoms with van der Waals surface area (Å²) in [5, 5.41) is 4.32. The summed E-state index contributed by atoms with van der Waals surface area (Å²) in [4.78, 5) is 24.0. The van der Waals surface area contributed by atoms with Crippen molar-refractivity contribution in [2.45, 2.75) is 103 Å². The molecule has 8 N–H and O–H groups in total. The zero-order valence-corrected chi connectivity index (χ0v) is 31.3. The zero-order chi connectivity index (χ0) is 39.0. The molecule has 2 heterocycles. The maximum atomic E-state index is 14.2. The lowest BCUT2D eigenvalue weighted by molar-refractivity contribution is -0.140. The molecule has 0 unspecified atom stereocenters. The number of rotatable bonds is 12. The van der Waals surface area contributed by atoms with Gasteiger partial charge in [-0.2, -0.15) is 18.2 Å². The summed E-state index contributed by atoms with van der Waals surface area (Å²) in [5.74, 6) is -1.06. The number of aryl methyl sites for hydroxylation is 1. The van der Waals surface area contributed by atoms with Crippen molar-refractivity contribution in [3.8, 4) is 5.69 Å². The smallest absolute Gasteiger partial charge is 0.370 e. The molecule has 0 aliphatic rings. The lowest BCUT2D eigenvalue weighted by Crippen LogP contribution is -2.24. The first-order valence-corrected chi connectivity index (χ1v) is 17.4. The third-order valence-corrected chi connectivity index (χ3v) is 8.45. The van der Waals surface area contributed by atoms with E-state index in [9.17, 15) is 22.4 Å². The number of nitrogens with two attached hydrogens (primary N) is 3. The molecular weight excluding hydrogens is 672 g/mol. The molecule has 4 rings (SSSR count). The van der Waals surface area contributed by atoms with E-state index in [2.05, 4.69) is 47.6 Å². The van der Waals surface area contributed by atoms with Crippen LogP contribution in [0.4, 0.5) is 17.6 Å². The molecule has 2 aromatic carbocycles. The highest BCUT2D eigenvalue weighted by molar-refractivity contribution is 5.76. The first-order chi connectivity index (χ1) is 24.1. The Hall–Kier alpha value is -4.49. The fourth-order valence-corrected chi connectivity index (χ4v) is 5.52. The number of nitrogens with one attached hydrogen (secondary N) is 2. The number of aromatic amines is 1. The van der Waals surface area contributed by atoms with Gasteiger partial charge in [0, 0.05) is 35.3 Å². The molecule has 0 saturated heterocycles. The molecule has 0 bridgehead atoms. The molecule has 0 spiro atoms. The van der Waals surface area contributed by atoms with Crippen molar-refractivity contribution in [1.29, 1.82) is 0 Å². The quantitative estimate of drug-likeness (QED) is 0.0340. The molecule has 0 saturated carbocycles. The number of hydrogen-bond donors (Lipinski definition) is 5. The average Bonchev–Trinajstić information content (AvgIpc) is 3.46. The lowest BCUT2D eigenvalue weighted by Gasteiger charge is -2.23. The fraction of sp³-hybridized carbons (Fsp3) is 0.462. The van der Waals surface area contributed by atoms with Crippen LogP contribution in [0.3, 0.4) is 0 Å². The predicted octanol–water partition coefficient (Wildman–Crippen LogP) is 7.30. The number of halogens is 4. The van der Waals surface area contributed by atoms with E-state index in [-0.39, 0.29) is 34.7 Å². The zero-order valence-electron chi connectivity index (χ0n) is 31.3. The van der Waals surface area contributed by atoms with Crippen LogP contribution in [0.25, 0.3) is 16.7 Å². The Morgan fingerprint density at radius 3 is 2.19 bits per heavy atom. The van der Waals surface area contributed by atoms with Gasteiger partial charge < -0.3 is 27.5 Å². The minimum atomic E-state index is -4.68. The number of aromatic nitrogens is 3. The van der Waals surface area contributed by atoms with Gasteiger partial charge in [-0.15, -0.1) is 6.58 Å². The van der Waals surface area contributed by atoms with Gasteiger partial charge in [0.2, 0.25) is 0 Å². The highest BCUT2D eigenvalue weighted by Gasteiger charge is 2.37. The van der Waals surface area contributed by atoms with E-state index < -0.39 is 23.0 Å². The van der Waals surface area contributed by atoms with Gasteiger partial charge in [-0.3, -0.25) is 9.56 Å². The van der Waals surface area contributed by atoms with Crippen molar-refractivity contribution in [3.05, 3.63) is 106 Å². The second-order valence-electron chi connectivity index (χ2n) is 15.2. The molecule has 0 amide bonds. The van der Waals surface area contributed by atoms with E-state index >= 15 is 0 Å². The highest BCUT2D eigenvalue weighted by atomic mass is 19.4. The molecule has 4 aromatic rings. The maximum absolute atomic E-state index is 14.2. The number of benzene rings is 2. The second kappa shape index (κ2) is 17.4. The highest BCUT2D eigenvalue weighted by Crippen LogP contribution is 2.37. The van der Waals surface area contributed by atoms with E-state index in [1.807, 2.05) is 49.5 Å². The monoisotopic (exact) mass is 726 g/mol. The number of aliphatic imine (C=N–C) groups is 1. The van der Waals surface area contributed by atoms with Gasteiger partial charge in [0.1, 0.15) is 11.5 Å². The molecule has 9 nitrogen and oxygen atoms in total. The molecule has 0 aliphatic carbocycles. The van der Waals surface area contributed by atoms with Gasteiger partial charge in [0.15, 0.2) is 5.96 Å². The maximum Gasteiger partial charge on any atom is 0.419 e. The summed E-state index contributed by atoms with van der Waals surface area (Å²) >= 11 is 0. The van der Waals surface area contributed by atoms with Crippen molar-refractivity contribution in [2.24, 2.45) is 22.2 Å². The Kier molecular flexibility index (Phi) is 14.0. The van der Waals surface area contributed by atoms with Gasteiger partial charge in [-0.25, -0.2) is 9.18 Å². The number of nitrogens with zero attached hydrogens (tertiary/aromatic N) is 3. The molecule has 0 fully saturated rings. The van der Waals surface area contributed by atoms with Crippen LogP contribution in [-0.2, 0) is 23.4 Å². The molecule has 2 aromatic heterocycles. The van der Waals surface area contributed by atoms with Gasteiger partial charge in [-0.05, 0) is 85.5 Å². The van der Waals surface area contributed by atoms with Gasteiger partial charge in [0.25, 0.3) is 0 Å². The summed E-state index contributed by atoms with van der Waals surface area (Å²) < 4.78 is 54.7. The lowest BCUT2D eigenvalue weighted by atomic mass is 9.83. The SMILES string of the molecule is C=C[C@@H](NCCCN=C(N)N)c1ccc(-n2cc3cc(C(C)(C)C)[nH]c3nc2=O)cc1.C[C@H](N)CCCc1cc(C(C)(C)C)c(F)c(C(F)(F)F)c1. The largest absolute Gasteiger partial charge is 0.419 e. The molecular formula is C39H54F4N8O. The van der Waals surface area contributed by atoms with Crippen LogP contribution >= 0.6 is 0 Å². The third kappa shape index (κ3) is 11.8. The standard InChI is InChI=1S/C23H31N7O.C16H23F4N/c1-5-18(26-11-6-12-27-21(24)25)15-7-9-17(10-8-15)30-14-16-13-19(23(2,3)4)28-20(16)29-22(30)31;1-10(21)6-5-7-11-8-12(15(2,3)4)14(17)13(9-11)16(18,19)20/h5,7-10,13-14,18,26H,1,6,11-12H2,2-4H3,(H4,24,25,27)(H,28,29,31);8-10H,5-7,21H2,1-4H3/t18-;10-/m10/s1. The van der Waals surface area contributed by atoms with Gasteiger partial charge in [-0.1, -0.05) is 65.8 Å². The number of H-pyrrole nitrogens is 1. The van der Waals surface area contributed by atoms with Gasteiger partial charge in [0.05, 0.1) is 17.3 Å². The minimum Gasteiger partial charge on any atom is -0.370 e. The predicted molar refractivity (Wildman–Crippen MR) is 203 cm³/mol. The Bertz CT molecular complexity index is 1840. The van der Waals surface area contributed by atoms with Crippen molar-refractivity contribution >= 4 is 17.0 Å². The van der Waals surface area contributed by atoms with Crippen LogP contribution < -0.4 is 28.2 Å². The number of hydrogen-bond acceptors (Lipinski definition) is 5. The number of guanidine groups is 1. The molecule has 2 atom stereocenters. The summed E-state index contributed by atoms with van der Waals surface area (Å²) in [6.45, 7) is 18.6. The van der Waals surface area contributed by atoms with Crippen molar-refractivity contribution < 1.29 is 17.6 Å². The average molecular weight is 727 g/mol. The van der Waals surface area contributed by atoms with E-state index in [1.54, 1.807) is 31.4 Å². The van der Waals surface area contributed by atoms with Crippen LogP contribution in [0.15, 0.2) is 71.1 Å². The summed E-state index contributed by atoms with van der Waals surface area (Å²) in [7, 11) is 0. The van der Waals surface area contributed by atoms with E-state index in [1.165, 1.54) is 0 Å². The third-order valence-electron chi connectivity index (χ3n) is 8.45. The molecule has 52 heavy (non-hydrogen) atoms. The van der Waals surface area contributed by atoms with E-state index in [0.717, 1.165) is 47.8 Å². The molecule has 13 heteroatoms. The van der Waals surface area contributed by atoms with E-state index in [4.69, 9.17) is 17.2 Å². The summed E-state index contributed by atoms with van der Waals surface area (Å²) in [6.07, 6.45) is 1.69. The molecule has 0 radical (unpaired) electrons. The first kappa shape index (κ1) is 41.9. The van der Waals surface area contributed by atoms with Crippen molar-refractivity contribution in [3.63, 3.8) is 0 Å². The molecule has 284 valence electrons. The van der Waals surface area contributed by atoms with Crippen LogP contribution in [0.5, 0.6) is 0 Å². The van der Waals surface area contributed by atoms with E-state index in [0.29, 0.717) is 30.6 Å². The summed E-state index contributed by atoms with van der Waals surface area (Å²) in [5.41, 5.74) is 18.2. The topological polar surface area (TPSA) is 153 Å². The Labute approximate surface area is 303 Å². The fourth-order valence-electron chi connectivity index (χ4n) is 5.52. The van der Waals surface area contributed by atoms with Crippen molar-refractivity contribution in [1.82, 2.24) is 19.9 Å². The molecule has 0 aliphatic heterocycles. The second-order valence-corrected chi connectivity index (χ2v) is 15.2. The number of fused-ring (bicyclic) bond motifs is 1. The van der Waals surface area contributed by atoms with Crippen LogP contribution in [0.1, 0.15) is 102 Å². The Morgan fingerprint density at radius 1 is 1.02 bits per heavy atom. The van der Waals surface area contributed by atoms with Crippen LogP contribution in [0.2, 0.25) is 0 Å². The van der Waals surface area contributed by atoms with Gasteiger partial charge >= 0.3 is 11.9 Å². The Morgan fingerprint density at radius 2 is 1.65 bits per heavy atom. The normalized spacial score (nSPS) is 13.3. The van der Waals surface area contributed by atoms with Crippen molar-refractivity contribution in [2.75, 3.05) is 13.1 Å².